The first-order chi connectivity index (χ1) is 15.8. The molecule has 33 heavy (non-hydrogen) atoms. The maximum absolute atomic E-state index is 13.4. The highest BCUT2D eigenvalue weighted by atomic mass is 35.5. The second kappa shape index (κ2) is 7.83. The molecule has 0 fully saturated rings. The lowest BCUT2D eigenvalue weighted by molar-refractivity contribution is 0.112. The molecule has 3 heterocycles. The number of carbonyl (C=O) groups is 1. The van der Waals surface area contributed by atoms with Gasteiger partial charge in [-0.05, 0) is 43.7 Å². The van der Waals surface area contributed by atoms with Crippen molar-refractivity contribution in [2.45, 2.75) is 24.8 Å². The summed E-state index contributed by atoms with van der Waals surface area (Å²) in [5, 5.41) is 5.91. The third-order valence-corrected chi connectivity index (χ3v) is 7.64. The van der Waals surface area contributed by atoms with E-state index in [1.807, 2.05) is 22.9 Å². The summed E-state index contributed by atoms with van der Waals surface area (Å²) in [7, 11) is -3.95. The molecule has 0 radical (unpaired) electrons. The predicted molar refractivity (Wildman–Crippen MR) is 128 cm³/mol. The van der Waals surface area contributed by atoms with E-state index in [-0.39, 0.29) is 27.2 Å². The number of nitrogens with zero attached hydrogens (tertiary/aromatic N) is 4. The van der Waals surface area contributed by atoms with Crippen molar-refractivity contribution in [3.8, 4) is 11.1 Å². The fourth-order valence-electron chi connectivity index (χ4n) is 3.97. The molecule has 166 valence electrons. The van der Waals surface area contributed by atoms with E-state index in [1.54, 1.807) is 24.4 Å². The van der Waals surface area contributed by atoms with Crippen LogP contribution in [0.4, 0.5) is 0 Å². The minimum atomic E-state index is -3.95. The van der Waals surface area contributed by atoms with Crippen LogP contribution in [0.15, 0.2) is 72.0 Å². The minimum absolute atomic E-state index is 0.125. The van der Waals surface area contributed by atoms with E-state index in [2.05, 4.69) is 23.9 Å². The Morgan fingerprint density at radius 2 is 1.82 bits per heavy atom. The van der Waals surface area contributed by atoms with Crippen LogP contribution in [0.1, 0.15) is 30.2 Å². The summed E-state index contributed by atoms with van der Waals surface area (Å²) < 4.78 is 29.9. The smallest absolute Gasteiger partial charge is 0.269 e. The molecule has 0 saturated carbocycles. The molecule has 0 aliphatic rings. The van der Waals surface area contributed by atoms with E-state index in [0.717, 1.165) is 20.4 Å². The van der Waals surface area contributed by atoms with Crippen molar-refractivity contribution in [1.82, 2.24) is 18.7 Å². The minimum Gasteiger partial charge on any atom is -0.298 e. The number of aldehydes is 1. The molecule has 3 aromatic heterocycles. The molecule has 0 bridgehead atoms. The van der Waals surface area contributed by atoms with Gasteiger partial charge in [-0.3, -0.25) is 9.48 Å². The van der Waals surface area contributed by atoms with Crippen molar-refractivity contribution in [3.63, 3.8) is 0 Å². The molecule has 0 N–H and O–H groups in total. The lowest BCUT2D eigenvalue weighted by Gasteiger charge is -2.07. The second-order valence-electron chi connectivity index (χ2n) is 7.96. The molecule has 9 heteroatoms. The van der Waals surface area contributed by atoms with Crippen LogP contribution in [-0.4, -0.2) is 33.4 Å². The van der Waals surface area contributed by atoms with Crippen molar-refractivity contribution in [3.05, 3.63) is 77.7 Å². The first-order valence-electron chi connectivity index (χ1n) is 10.3. The van der Waals surface area contributed by atoms with Gasteiger partial charge in [-0.2, -0.15) is 5.10 Å². The summed E-state index contributed by atoms with van der Waals surface area (Å²) in [6.45, 7) is 4.10. The maximum Gasteiger partial charge on any atom is 0.269 e. The fourth-order valence-corrected chi connectivity index (χ4v) is 5.58. The van der Waals surface area contributed by atoms with E-state index < -0.39 is 10.0 Å². The van der Waals surface area contributed by atoms with Gasteiger partial charge in [-0.15, -0.1) is 0 Å². The standard InChI is InChI=1S/C24H19ClN4O3S/c1-15(2)29-21-9-8-16(10-17(21)12-27-29)20-13-28(33(31,32)19-6-4-3-5-7-19)24-22(20)23(25)18(14-30)11-26-24/h3-15H,1-2H3. The average Bonchev–Trinajstić information content (AvgIpc) is 3.42. The molecule has 0 atom stereocenters. The summed E-state index contributed by atoms with van der Waals surface area (Å²) >= 11 is 6.57. The lowest BCUT2D eigenvalue weighted by atomic mass is 10.0. The number of halogens is 1. The summed E-state index contributed by atoms with van der Waals surface area (Å²) in [6.07, 6.45) is 5.18. The Morgan fingerprint density at radius 3 is 2.52 bits per heavy atom. The molecule has 0 aliphatic heterocycles. The van der Waals surface area contributed by atoms with E-state index in [9.17, 15) is 13.2 Å². The molecule has 0 unspecified atom stereocenters. The van der Waals surface area contributed by atoms with Crippen LogP contribution in [0.5, 0.6) is 0 Å². The third-order valence-electron chi connectivity index (χ3n) is 5.57. The van der Waals surface area contributed by atoms with Gasteiger partial charge in [0.25, 0.3) is 10.0 Å². The maximum atomic E-state index is 13.4. The number of fused-ring (bicyclic) bond motifs is 2. The van der Waals surface area contributed by atoms with Crippen LogP contribution in [0, 0.1) is 0 Å². The number of aromatic nitrogens is 4. The molecule has 0 aliphatic carbocycles. The quantitative estimate of drug-likeness (QED) is 0.318. The average molecular weight is 479 g/mol. The first kappa shape index (κ1) is 21.4. The molecule has 5 aromatic rings. The second-order valence-corrected chi connectivity index (χ2v) is 10.2. The van der Waals surface area contributed by atoms with Gasteiger partial charge < -0.3 is 0 Å². The lowest BCUT2D eigenvalue weighted by Crippen LogP contribution is -2.12. The monoisotopic (exact) mass is 478 g/mol. The molecule has 5 rings (SSSR count). The van der Waals surface area contributed by atoms with Crippen molar-refractivity contribution < 1.29 is 13.2 Å². The Hall–Kier alpha value is -3.49. The van der Waals surface area contributed by atoms with Crippen molar-refractivity contribution >= 4 is 49.8 Å². The summed E-state index contributed by atoms with van der Waals surface area (Å²) in [4.78, 5) is 15.9. The normalized spacial score (nSPS) is 12.1. The fraction of sp³-hybridized carbons (Fsp3) is 0.125. The molecular weight excluding hydrogens is 460 g/mol. The number of rotatable bonds is 5. The predicted octanol–water partition coefficient (Wildman–Crippen LogP) is 5.34. The van der Waals surface area contributed by atoms with E-state index in [0.29, 0.717) is 17.2 Å². The molecule has 0 spiro atoms. The SMILES string of the molecule is CC(C)n1ncc2cc(-c3cn(S(=O)(=O)c4ccccc4)c4ncc(C=O)c(Cl)c34)ccc21. The van der Waals surface area contributed by atoms with E-state index in [1.165, 1.54) is 24.5 Å². The van der Waals surface area contributed by atoms with Gasteiger partial charge >= 0.3 is 0 Å². The Kier molecular flexibility index (Phi) is 5.07. The number of carbonyl (C=O) groups excluding carboxylic acids is 1. The van der Waals surface area contributed by atoms with Crippen LogP contribution in [0.25, 0.3) is 33.1 Å². The summed E-state index contributed by atoms with van der Waals surface area (Å²) in [6, 6.07) is 14.1. The topological polar surface area (TPSA) is 86.8 Å². The van der Waals surface area contributed by atoms with Gasteiger partial charge in [-0.1, -0.05) is 35.9 Å². The Morgan fingerprint density at radius 1 is 1.06 bits per heavy atom. The molecule has 2 aromatic carbocycles. The third kappa shape index (κ3) is 3.34. The highest BCUT2D eigenvalue weighted by molar-refractivity contribution is 7.90. The highest BCUT2D eigenvalue weighted by Crippen LogP contribution is 2.38. The number of benzene rings is 2. The van der Waals surface area contributed by atoms with Gasteiger partial charge in [0, 0.05) is 34.8 Å². The molecular formula is C24H19ClN4O3S. The number of hydrogen-bond donors (Lipinski definition) is 0. The summed E-state index contributed by atoms with van der Waals surface area (Å²) in [5.41, 5.74) is 2.61. The van der Waals surface area contributed by atoms with Gasteiger partial charge in [0.2, 0.25) is 0 Å². The van der Waals surface area contributed by atoms with Crippen molar-refractivity contribution in [2.75, 3.05) is 0 Å². The highest BCUT2D eigenvalue weighted by Gasteiger charge is 2.25. The van der Waals surface area contributed by atoms with Crippen LogP contribution >= 0.6 is 11.6 Å². The number of pyridine rings is 1. The Bertz CT molecular complexity index is 1640. The van der Waals surface area contributed by atoms with Gasteiger partial charge in [0.05, 0.1) is 27.2 Å². The zero-order chi connectivity index (χ0) is 23.3. The molecule has 0 amide bonds. The zero-order valence-corrected chi connectivity index (χ0v) is 19.4. The first-order valence-corrected chi connectivity index (χ1v) is 12.1. The zero-order valence-electron chi connectivity index (χ0n) is 17.8. The number of hydrogen-bond acceptors (Lipinski definition) is 5. The van der Waals surface area contributed by atoms with E-state index in [4.69, 9.17) is 11.6 Å². The van der Waals surface area contributed by atoms with Gasteiger partial charge in [0.1, 0.15) is 0 Å². The van der Waals surface area contributed by atoms with Crippen LogP contribution in [0.2, 0.25) is 5.02 Å². The Labute approximate surface area is 195 Å². The summed E-state index contributed by atoms with van der Waals surface area (Å²) in [5.74, 6) is 0. The van der Waals surface area contributed by atoms with Crippen LogP contribution in [-0.2, 0) is 10.0 Å². The van der Waals surface area contributed by atoms with Crippen molar-refractivity contribution in [1.29, 1.82) is 0 Å². The van der Waals surface area contributed by atoms with Crippen molar-refractivity contribution in [2.24, 2.45) is 0 Å². The van der Waals surface area contributed by atoms with Crippen LogP contribution < -0.4 is 0 Å². The largest absolute Gasteiger partial charge is 0.298 e. The van der Waals surface area contributed by atoms with E-state index >= 15 is 0 Å². The van der Waals surface area contributed by atoms with Gasteiger partial charge in [-0.25, -0.2) is 17.4 Å². The molecule has 0 saturated heterocycles. The Balaban J connectivity index is 1.81. The van der Waals surface area contributed by atoms with Crippen LogP contribution in [0.3, 0.4) is 0 Å². The molecule has 7 nitrogen and oxygen atoms in total. The van der Waals surface area contributed by atoms with Gasteiger partial charge in [0.15, 0.2) is 11.9 Å².